The fourth-order valence-corrected chi connectivity index (χ4v) is 2.98. The molecular formula is C16H13ClFNO5S. The Bertz CT molecular complexity index is 884. The average molecular weight is 386 g/mol. The second-order valence-electron chi connectivity index (χ2n) is 4.85. The lowest BCUT2D eigenvalue weighted by molar-refractivity contribution is -0.141. The molecule has 0 saturated heterocycles. The highest BCUT2D eigenvalue weighted by molar-refractivity contribution is 7.89. The zero-order chi connectivity index (χ0) is 18.4. The van der Waals surface area contributed by atoms with Crippen LogP contribution in [0, 0.1) is 5.82 Å². The summed E-state index contributed by atoms with van der Waals surface area (Å²) in [5.41, 5.74) is 0.295. The molecule has 2 rings (SSSR count). The minimum atomic E-state index is -4.21. The molecule has 132 valence electrons. The molecule has 1 N–H and O–H groups in total. The standard InChI is InChI=1S/C16H13ClFNO5S/c17-12-7-5-11(6-8-12)14(20)10-24-16(21)9-19-25(22,23)15-4-2-1-3-13(15)18/h1-8,19H,9-10H2. The van der Waals surface area contributed by atoms with Crippen molar-refractivity contribution in [3.05, 3.63) is 64.9 Å². The molecule has 0 bridgehead atoms. The molecule has 0 aliphatic heterocycles. The van der Waals surface area contributed by atoms with E-state index in [-0.39, 0.29) is 0 Å². The predicted molar refractivity (Wildman–Crippen MR) is 88.3 cm³/mol. The molecule has 0 amide bonds. The van der Waals surface area contributed by atoms with Gasteiger partial charge in [-0.25, -0.2) is 12.8 Å². The van der Waals surface area contributed by atoms with Gasteiger partial charge in [0, 0.05) is 10.6 Å². The number of benzene rings is 2. The van der Waals surface area contributed by atoms with Crippen LogP contribution in [0.25, 0.3) is 0 Å². The summed E-state index contributed by atoms with van der Waals surface area (Å²) in [4.78, 5) is 22.8. The lowest BCUT2D eigenvalue weighted by atomic mass is 10.1. The number of carbonyl (C=O) groups excluding carboxylic acids is 2. The summed E-state index contributed by atoms with van der Waals surface area (Å²) in [5, 5.41) is 0.455. The molecule has 0 saturated carbocycles. The van der Waals surface area contributed by atoms with Gasteiger partial charge in [-0.3, -0.25) is 9.59 Å². The van der Waals surface area contributed by atoms with Crippen LogP contribution < -0.4 is 4.72 Å². The van der Waals surface area contributed by atoms with Crippen LogP contribution in [-0.4, -0.2) is 33.3 Å². The highest BCUT2D eigenvalue weighted by Gasteiger charge is 2.20. The lowest BCUT2D eigenvalue weighted by Gasteiger charge is -2.08. The van der Waals surface area contributed by atoms with Gasteiger partial charge in [0.05, 0.1) is 0 Å². The topological polar surface area (TPSA) is 89.5 Å². The van der Waals surface area contributed by atoms with Gasteiger partial charge >= 0.3 is 5.97 Å². The summed E-state index contributed by atoms with van der Waals surface area (Å²) in [6.07, 6.45) is 0. The second kappa shape index (κ2) is 8.19. The molecule has 25 heavy (non-hydrogen) atoms. The number of carbonyl (C=O) groups is 2. The smallest absolute Gasteiger partial charge is 0.321 e. The van der Waals surface area contributed by atoms with E-state index >= 15 is 0 Å². The van der Waals surface area contributed by atoms with E-state index in [1.54, 1.807) is 0 Å². The Morgan fingerprint density at radius 3 is 2.36 bits per heavy atom. The number of Topliss-reactive ketones (excluding diaryl/α,β-unsaturated/α-hetero) is 1. The number of esters is 1. The van der Waals surface area contributed by atoms with Crippen molar-refractivity contribution in [2.75, 3.05) is 13.2 Å². The van der Waals surface area contributed by atoms with Gasteiger partial charge in [0.2, 0.25) is 10.0 Å². The van der Waals surface area contributed by atoms with Crippen molar-refractivity contribution in [1.82, 2.24) is 4.72 Å². The van der Waals surface area contributed by atoms with E-state index in [1.807, 2.05) is 4.72 Å². The van der Waals surface area contributed by atoms with Gasteiger partial charge < -0.3 is 4.74 Å². The van der Waals surface area contributed by atoms with Crippen LogP contribution in [0.4, 0.5) is 4.39 Å². The van der Waals surface area contributed by atoms with Crippen molar-refractivity contribution < 1.29 is 27.1 Å². The maximum absolute atomic E-state index is 13.5. The Labute approximate surface area is 148 Å². The third-order valence-electron chi connectivity index (χ3n) is 3.06. The maximum atomic E-state index is 13.5. The third-order valence-corrected chi connectivity index (χ3v) is 4.75. The Hall–Kier alpha value is -2.29. The number of hydrogen-bond acceptors (Lipinski definition) is 5. The first kappa shape index (κ1) is 19.0. The first-order chi connectivity index (χ1) is 11.8. The predicted octanol–water partition coefficient (Wildman–Crippen LogP) is 2.18. The van der Waals surface area contributed by atoms with Gasteiger partial charge in [0.15, 0.2) is 12.4 Å². The molecule has 0 heterocycles. The van der Waals surface area contributed by atoms with Crippen LogP contribution in [0.15, 0.2) is 53.4 Å². The SMILES string of the molecule is O=C(CNS(=O)(=O)c1ccccc1F)OCC(=O)c1ccc(Cl)cc1. The van der Waals surface area contributed by atoms with Crippen molar-refractivity contribution in [3.63, 3.8) is 0 Å². The second-order valence-corrected chi connectivity index (χ2v) is 7.02. The Balaban J connectivity index is 1.87. The number of hydrogen-bond donors (Lipinski definition) is 1. The minimum absolute atomic E-state index is 0.295. The summed E-state index contributed by atoms with van der Waals surface area (Å²) in [5.74, 6) is -2.38. The Morgan fingerprint density at radius 1 is 1.08 bits per heavy atom. The molecule has 0 spiro atoms. The molecule has 0 aliphatic carbocycles. The molecule has 2 aromatic carbocycles. The summed E-state index contributed by atoms with van der Waals surface area (Å²) < 4.78 is 43.9. The normalized spacial score (nSPS) is 11.1. The molecule has 2 aromatic rings. The Morgan fingerprint density at radius 2 is 1.72 bits per heavy atom. The fraction of sp³-hybridized carbons (Fsp3) is 0.125. The first-order valence-electron chi connectivity index (χ1n) is 6.98. The van der Waals surface area contributed by atoms with Crippen LogP contribution in [0.1, 0.15) is 10.4 Å². The summed E-state index contributed by atoms with van der Waals surface area (Å²) >= 11 is 5.70. The van der Waals surface area contributed by atoms with Crippen LogP contribution in [-0.2, 0) is 19.6 Å². The molecule has 0 radical (unpaired) electrons. The van der Waals surface area contributed by atoms with Crippen LogP contribution >= 0.6 is 11.6 Å². The monoisotopic (exact) mass is 385 g/mol. The van der Waals surface area contributed by atoms with Gasteiger partial charge in [-0.05, 0) is 36.4 Å². The molecule has 0 unspecified atom stereocenters. The Kier molecular flexibility index (Phi) is 6.24. The molecule has 6 nitrogen and oxygen atoms in total. The zero-order valence-corrected chi connectivity index (χ0v) is 14.3. The lowest BCUT2D eigenvalue weighted by Crippen LogP contribution is -2.32. The van der Waals surface area contributed by atoms with Crippen LogP contribution in [0.2, 0.25) is 5.02 Å². The summed E-state index contributed by atoms with van der Waals surface area (Å²) in [6.45, 7) is -1.29. The van der Waals surface area contributed by atoms with Crippen molar-refractivity contribution in [3.8, 4) is 0 Å². The van der Waals surface area contributed by atoms with Crippen molar-refractivity contribution in [1.29, 1.82) is 0 Å². The number of ether oxygens (including phenoxy) is 1. The quantitative estimate of drug-likeness (QED) is 0.583. The van der Waals surface area contributed by atoms with Crippen LogP contribution in [0.3, 0.4) is 0 Å². The number of sulfonamides is 1. The highest BCUT2D eigenvalue weighted by atomic mass is 35.5. The zero-order valence-electron chi connectivity index (χ0n) is 12.7. The molecule has 0 aliphatic rings. The van der Waals surface area contributed by atoms with Gasteiger partial charge in [0.25, 0.3) is 0 Å². The number of nitrogens with one attached hydrogen (secondary N) is 1. The van der Waals surface area contributed by atoms with E-state index in [4.69, 9.17) is 16.3 Å². The average Bonchev–Trinajstić information content (AvgIpc) is 2.59. The highest BCUT2D eigenvalue weighted by Crippen LogP contribution is 2.13. The van der Waals surface area contributed by atoms with Gasteiger partial charge in [-0.1, -0.05) is 23.7 Å². The fourth-order valence-electron chi connectivity index (χ4n) is 1.81. The number of ketones is 1. The third kappa shape index (κ3) is 5.35. The van der Waals surface area contributed by atoms with E-state index in [9.17, 15) is 22.4 Å². The molecule has 0 aromatic heterocycles. The number of rotatable bonds is 7. The molecular weight excluding hydrogens is 373 g/mol. The van der Waals surface area contributed by atoms with Gasteiger partial charge in [-0.2, -0.15) is 4.72 Å². The summed E-state index contributed by atoms with van der Waals surface area (Å²) in [7, 11) is -4.21. The van der Waals surface area contributed by atoms with Crippen molar-refractivity contribution >= 4 is 33.4 Å². The van der Waals surface area contributed by atoms with Crippen LogP contribution in [0.5, 0.6) is 0 Å². The van der Waals surface area contributed by atoms with Crippen molar-refractivity contribution in [2.45, 2.75) is 4.90 Å². The van der Waals surface area contributed by atoms with E-state index in [0.29, 0.717) is 10.6 Å². The maximum Gasteiger partial charge on any atom is 0.321 e. The van der Waals surface area contributed by atoms with Crippen molar-refractivity contribution in [2.24, 2.45) is 0 Å². The van der Waals surface area contributed by atoms with Gasteiger partial charge in [-0.15, -0.1) is 0 Å². The molecule has 9 heteroatoms. The van der Waals surface area contributed by atoms with E-state index < -0.39 is 45.6 Å². The first-order valence-corrected chi connectivity index (χ1v) is 8.84. The molecule has 0 atom stereocenters. The summed E-state index contributed by atoms with van der Waals surface area (Å²) in [6, 6.07) is 10.7. The molecule has 0 fully saturated rings. The van der Waals surface area contributed by atoms with E-state index in [0.717, 1.165) is 12.1 Å². The van der Waals surface area contributed by atoms with Gasteiger partial charge in [0.1, 0.15) is 17.3 Å². The number of halogens is 2. The van der Waals surface area contributed by atoms with E-state index in [2.05, 4.69) is 0 Å². The minimum Gasteiger partial charge on any atom is -0.456 e. The largest absolute Gasteiger partial charge is 0.456 e. The van der Waals surface area contributed by atoms with E-state index in [1.165, 1.54) is 36.4 Å².